The molecule has 0 bridgehead atoms. The van der Waals surface area contributed by atoms with Gasteiger partial charge in [0.2, 0.25) is 0 Å². The molecule has 0 aliphatic rings. The van der Waals surface area contributed by atoms with Gasteiger partial charge in [0.15, 0.2) is 0 Å². The Morgan fingerprint density at radius 3 is 2.87 bits per heavy atom. The molecule has 0 atom stereocenters. The van der Waals surface area contributed by atoms with E-state index in [-0.39, 0.29) is 6.61 Å². The van der Waals surface area contributed by atoms with Gasteiger partial charge in [0, 0.05) is 13.6 Å². The molecule has 0 radical (unpaired) electrons. The molecular weight excluding hydrogens is 196 g/mol. The third-order valence-corrected chi connectivity index (χ3v) is 1.68. The fourth-order valence-corrected chi connectivity index (χ4v) is 0.989. The zero-order chi connectivity index (χ0) is 10.9. The van der Waals surface area contributed by atoms with Gasteiger partial charge in [-0.05, 0) is 0 Å². The van der Waals surface area contributed by atoms with Gasteiger partial charge < -0.3 is 20.5 Å². The molecule has 0 aliphatic heterocycles. The van der Waals surface area contributed by atoms with Gasteiger partial charge >= 0.3 is 0 Å². The Morgan fingerprint density at radius 1 is 1.33 bits per heavy atom. The van der Waals surface area contributed by atoms with Gasteiger partial charge in [0.25, 0.3) is 0 Å². The van der Waals surface area contributed by atoms with E-state index in [9.17, 15) is 0 Å². The maximum atomic E-state index is 8.47. The van der Waals surface area contributed by atoms with E-state index in [1.165, 1.54) is 0 Å². The Bertz CT molecular complexity index is 283. The normalized spacial score (nSPS) is 10.0. The minimum atomic E-state index is 0.0506. The third kappa shape index (κ3) is 4.57. The molecule has 1 heterocycles. The molecule has 0 fully saturated rings. The molecule has 0 spiro atoms. The first-order chi connectivity index (χ1) is 7.36. The molecule has 84 valence electrons. The van der Waals surface area contributed by atoms with Crippen molar-refractivity contribution in [2.24, 2.45) is 0 Å². The Balaban J connectivity index is 2.24. The molecule has 6 heteroatoms. The number of aliphatic hydroxyl groups excluding tert-OH is 1. The highest BCUT2D eigenvalue weighted by molar-refractivity contribution is 5.40. The van der Waals surface area contributed by atoms with Crippen molar-refractivity contribution in [1.82, 2.24) is 9.97 Å². The van der Waals surface area contributed by atoms with Crippen LogP contribution in [0, 0.1) is 0 Å². The molecule has 6 nitrogen and oxygen atoms in total. The standard InChI is InChI=1S/C9H16N4O2/c1-10-8-6-11-7-9(13-8)12-2-4-15-5-3-14/h6-7,14H,2-5H2,1H3,(H2,10,12,13). The summed E-state index contributed by atoms with van der Waals surface area (Å²) < 4.78 is 5.08. The maximum Gasteiger partial charge on any atom is 0.147 e. The molecule has 0 aromatic carbocycles. The predicted molar refractivity (Wildman–Crippen MR) is 58.0 cm³/mol. The van der Waals surface area contributed by atoms with E-state index in [1.54, 1.807) is 19.4 Å². The van der Waals surface area contributed by atoms with E-state index in [0.29, 0.717) is 25.6 Å². The number of anilines is 2. The Labute approximate surface area is 88.7 Å². The largest absolute Gasteiger partial charge is 0.394 e. The molecule has 1 aromatic rings. The number of hydrogen-bond donors (Lipinski definition) is 3. The van der Waals surface area contributed by atoms with E-state index < -0.39 is 0 Å². The van der Waals surface area contributed by atoms with Crippen molar-refractivity contribution in [3.8, 4) is 0 Å². The summed E-state index contributed by atoms with van der Waals surface area (Å²) in [5.41, 5.74) is 0. The number of ether oxygens (including phenoxy) is 1. The van der Waals surface area contributed by atoms with Gasteiger partial charge in [0.05, 0.1) is 32.2 Å². The molecule has 0 saturated carbocycles. The van der Waals surface area contributed by atoms with E-state index >= 15 is 0 Å². The van der Waals surface area contributed by atoms with Crippen LogP contribution in [0.1, 0.15) is 0 Å². The van der Waals surface area contributed by atoms with Crippen LogP contribution in [-0.4, -0.2) is 48.5 Å². The molecule has 1 aromatic heterocycles. The zero-order valence-corrected chi connectivity index (χ0v) is 8.73. The zero-order valence-electron chi connectivity index (χ0n) is 8.73. The fraction of sp³-hybridized carbons (Fsp3) is 0.556. The number of aliphatic hydroxyl groups is 1. The van der Waals surface area contributed by atoms with Crippen LogP contribution in [0.2, 0.25) is 0 Å². The van der Waals surface area contributed by atoms with Crippen LogP contribution in [0.3, 0.4) is 0 Å². The number of nitrogens with one attached hydrogen (secondary N) is 2. The average molecular weight is 212 g/mol. The third-order valence-electron chi connectivity index (χ3n) is 1.68. The molecule has 0 amide bonds. The smallest absolute Gasteiger partial charge is 0.147 e. The molecule has 0 unspecified atom stereocenters. The summed E-state index contributed by atoms with van der Waals surface area (Å²) in [4.78, 5) is 8.22. The van der Waals surface area contributed by atoms with E-state index in [1.807, 2.05) is 0 Å². The highest BCUT2D eigenvalue weighted by Crippen LogP contribution is 2.04. The van der Waals surface area contributed by atoms with Gasteiger partial charge in [0.1, 0.15) is 11.6 Å². The van der Waals surface area contributed by atoms with Crippen LogP contribution in [-0.2, 0) is 4.74 Å². The number of rotatable bonds is 7. The van der Waals surface area contributed by atoms with Gasteiger partial charge in [-0.2, -0.15) is 0 Å². The number of hydrogen-bond acceptors (Lipinski definition) is 6. The summed E-state index contributed by atoms with van der Waals surface area (Å²) >= 11 is 0. The number of aromatic nitrogens is 2. The lowest BCUT2D eigenvalue weighted by molar-refractivity contribution is 0.0992. The second kappa shape index (κ2) is 6.97. The SMILES string of the molecule is CNc1cncc(NCCOCCO)n1. The van der Waals surface area contributed by atoms with Crippen molar-refractivity contribution in [2.75, 3.05) is 44.0 Å². The second-order valence-electron chi connectivity index (χ2n) is 2.80. The Kier molecular flexibility index (Phi) is 5.42. The molecule has 0 aliphatic carbocycles. The van der Waals surface area contributed by atoms with Gasteiger partial charge in [-0.1, -0.05) is 0 Å². The van der Waals surface area contributed by atoms with Crippen LogP contribution in [0.5, 0.6) is 0 Å². The minimum Gasteiger partial charge on any atom is -0.394 e. The van der Waals surface area contributed by atoms with Crippen LogP contribution in [0.4, 0.5) is 11.6 Å². The average Bonchev–Trinajstić information content (AvgIpc) is 2.29. The van der Waals surface area contributed by atoms with Crippen LogP contribution >= 0.6 is 0 Å². The first-order valence-corrected chi connectivity index (χ1v) is 4.79. The Morgan fingerprint density at radius 2 is 2.13 bits per heavy atom. The summed E-state index contributed by atoms with van der Waals surface area (Å²) in [5, 5.41) is 14.4. The Hall–Kier alpha value is -1.40. The maximum absolute atomic E-state index is 8.47. The van der Waals surface area contributed by atoms with Crippen molar-refractivity contribution >= 4 is 11.6 Å². The van der Waals surface area contributed by atoms with Crippen molar-refractivity contribution in [2.45, 2.75) is 0 Å². The first-order valence-electron chi connectivity index (χ1n) is 4.79. The van der Waals surface area contributed by atoms with Crippen LogP contribution in [0.15, 0.2) is 12.4 Å². The monoisotopic (exact) mass is 212 g/mol. The quantitative estimate of drug-likeness (QED) is 0.549. The summed E-state index contributed by atoms with van der Waals surface area (Å²) in [6.07, 6.45) is 3.29. The van der Waals surface area contributed by atoms with Crippen LogP contribution < -0.4 is 10.6 Å². The topological polar surface area (TPSA) is 79.3 Å². The molecule has 15 heavy (non-hydrogen) atoms. The molecular formula is C9H16N4O2. The highest BCUT2D eigenvalue weighted by atomic mass is 16.5. The predicted octanol–water partition coefficient (Wildman–Crippen LogP) is -0.0609. The van der Waals surface area contributed by atoms with Gasteiger partial charge in [-0.15, -0.1) is 0 Å². The molecule has 1 rings (SSSR count). The molecule has 0 saturated heterocycles. The van der Waals surface area contributed by atoms with Gasteiger partial charge in [-0.25, -0.2) is 4.98 Å². The molecule has 3 N–H and O–H groups in total. The van der Waals surface area contributed by atoms with Crippen molar-refractivity contribution in [3.63, 3.8) is 0 Å². The lowest BCUT2D eigenvalue weighted by Crippen LogP contribution is -2.12. The summed E-state index contributed by atoms with van der Waals surface area (Å²) in [6, 6.07) is 0. The number of nitrogens with zero attached hydrogens (tertiary/aromatic N) is 2. The van der Waals surface area contributed by atoms with Crippen molar-refractivity contribution in [3.05, 3.63) is 12.4 Å². The van der Waals surface area contributed by atoms with E-state index in [2.05, 4.69) is 20.6 Å². The first kappa shape index (κ1) is 11.7. The summed E-state index contributed by atoms with van der Waals surface area (Å²) in [5.74, 6) is 1.42. The van der Waals surface area contributed by atoms with Crippen LogP contribution in [0.25, 0.3) is 0 Å². The van der Waals surface area contributed by atoms with Gasteiger partial charge in [-0.3, -0.25) is 4.98 Å². The van der Waals surface area contributed by atoms with Crippen molar-refractivity contribution in [1.29, 1.82) is 0 Å². The lowest BCUT2D eigenvalue weighted by Gasteiger charge is -2.06. The highest BCUT2D eigenvalue weighted by Gasteiger charge is 1.95. The van der Waals surface area contributed by atoms with E-state index in [4.69, 9.17) is 9.84 Å². The van der Waals surface area contributed by atoms with Crippen molar-refractivity contribution < 1.29 is 9.84 Å². The van der Waals surface area contributed by atoms with E-state index in [0.717, 1.165) is 5.82 Å². The fourth-order valence-electron chi connectivity index (χ4n) is 0.989. The second-order valence-corrected chi connectivity index (χ2v) is 2.80. The summed E-state index contributed by atoms with van der Waals surface area (Å²) in [7, 11) is 1.79. The lowest BCUT2D eigenvalue weighted by atomic mass is 10.5. The summed E-state index contributed by atoms with van der Waals surface area (Å²) in [6.45, 7) is 1.59. The minimum absolute atomic E-state index is 0.0506.